The molecule has 0 amide bonds. The number of allylic oxidation sites excluding steroid dienone is 1. The van der Waals surface area contributed by atoms with Crippen LogP contribution < -0.4 is 0 Å². The third kappa shape index (κ3) is 2.08. The summed E-state index contributed by atoms with van der Waals surface area (Å²) in [5, 5.41) is 8.72. The lowest BCUT2D eigenvalue weighted by Crippen LogP contribution is -2.34. The molecule has 0 saturated heterocycles. The molecule has 0 bridgehead atoms. The lowest BCUT2D eigenvalue weighted by molar-refractivity contribution is -0.327. The molecular weight excluding hydrogens is 152 g/mol. The largest absolute Gasteiger partial charge is 0.251 e. The average molecular weight is 170 g/mol. The molecule has 1 aliphatic carbocycles. The first-order valence-corrected chi connectivity index (χ1v) is 4.55. The summed E-state index contributed by atoms with van der Waals surface area (Å²) >= 11 is 0. The number of rotatable bonds is 2. The van der Waals surface area contributed by atoms with E-state index in [0.717, 1.165) is 19.3 Å². The summed E-state index contributed by atoms with van der Waals surface area (Å²) in [6.45, 7) is 7.95. The van der Waals surface area contributed by atoms with E-state index in [1.54, 1.807) is 0 Å². The Balaban J connectivity index is 2.57. The van der Waals surface area contributed by atoms with Crippen LogP contribution in [0.4, 0.5) is 0 Å². The zero-order valence-corrected chi connectivity index (χ0v) is 7.97. The van der Waals surface area contributed by atoms with E-state index in [9.17, 15) is 0 Å². The minimum atomic E-state index is -0.331. The molecule has 0 unspecified atom stereocenters. The standard InChI is InChI=1S/C10H18O2/c1-8(2)9-5-4-6-10(3,7-9)12-11/h9,11H,1,4-7H2,2-3H3/t9-,10+/m1/s1. The topological polar surface area (TPSA) is 29.5 Å². The van der Waals surface area contributed by atoms with E-state index >= 15 is 0 Å². The fraction of sp³-hybridized carbons (Fsp3) is 0.800. The molecule has 70 valence electrons. The van der Waals surface area contributed by atoms with E-state index in [4.69, 9.17) is 5.26 Å². The highest BCUT2D eigenvalue weighted by molar-refractivity contribution is 5.01. The lowest BCUT2D eigenvalue weighted by Gasteiger charge is -2.35. The highest BCUT2D eigenvalue weighted by Crippen LogP contribution is 2.37. The van der Waals surface area contributed by atoms with Gasteiger partial charge in [0.25, 0.3) is 0 Å². The van der Waals surface area contributed by atoms with Gasteiger partial charge in [-0.15, -0.1) is 0 Å². The lowest BCUT2D eigenvalue weighted by atomic mass is 9.76. The monoisotopic (exact) mass is 170 g/mol. The van der Waals surface area contributed by atoms with Crippen molar-refractivity contribution in [2.75, 3.05) is 0 Å². The first kappa shape index (κ1) is 9.75. The van der Waals surface area contributed by atoms with Crippen molar-refractivity contribution in [2.24, 2.45) is 5.92 Å². The molecule has 0 spiro atoms. The molecule has 1 rings (SSSR count). The van der Waals surface area contributed by atoms with Crippen LogP contribution >= 0.6 is 0 Å². The molecule has 0 radical (unpaired) electrons. The van der Waals surface area contributed by atoms with Crippen molar-refractivity contribution < 1.29 is 10.1 Å². The highest BCUT2D eigenvalue weighted by atomic mass is 17.1. The molecule has 0 aromatic rings. The van der Waals surface area contributed by atoms with Crippen molar-refractivity contribution >= 4 is 0 Å². The molecule has 0 heterocycles. The Kier molecular flexibility index (Phi) is 2.91. The molecule has 0 aromatic heterocycles. The summed E-state index contributed by atoms with van der Waals surface area (Å²) in [7, 11) is 0. The zero-order valence-electron chi connectivity index (χ0n) is 7.97. The van der Waals surface area contributed by atoms with Crippen molar-refractivity contribution in [3.05, 3.63) is 12.2 Å². The normalized spacial score (nSPS) is 36.4. The van der Waals surface area contributed by atoms with Gasteiger partial charge < -0.3 is 0 Å². The third-order valence-corrected chi connectivity index (χ3v) is 2.85. The fourth-order valence-corrected chi connectivity index (χ4v) is 1.95. The Bertz CT molecular complexity index is 177. The van der Waals surface area contributed by atoms with E-state index in [-0.39, 0.29) is 5.60 Å². The molecule has 2 nitrogen and oxygen atoms in total. The quantitative estimate of drug-likeness (QED) is 0.392. The summed E-state index contributed by atoms with van der Waals surface area (Å²) in [4.78, 5) is 4.52. The van der Waals surface area contributed by atoms with Gasteiger partial charge in [-0.05, 0) is 45.4 Å². The van der Waals surface area contributed by atoms with Crippen LogP contribution in [0.1, 0.15) is 39.5 Å². The number of hydrogen-bond donors (Lipinski definition) is 1. The van der Waals surface area contributed by atoms with Crippen LogP contribution in [0.5, 0.6) is 0 Å². The van der Waals surface area contributed by atoms with Crippen LogP contribution in [0.3, 0.4) is 0 Å². The summed E-state index contributed by atoms with van der Waals surface area (Å²) in [6, 6.07) is 0. The van der Waals surface area contributed by atoms with Crippen molar-refractivity contribution in [1.29, 1.82) is 0 Å². The summed E-state index contributed by atoms with van der Waals surface area (Å²) < 4.78 is 0. The first-order valence-electron chi connectivity index (χ1n) is 4.55. The average Bonchev–Trinajstić information content (AvgIpc) is 2.05. The zero-order chi connectivity index (χ0) is 9.19. The van der Waals surface area contributed by atoms with Gasteiger partial charge in [0.15, 0.2) is 0 Å². The Labute approximate surface area is 74.2 Å². The molecule has 2 heteroatoms. The van der Waals surface area contributed by atoms with Gasteiger partial charge in [-0.25, -0.2) is 4.89 Å². The predicted molar refractivity (Wildman–Crippen MR) is 48.9 cm³/mol. The fourth-order valence-electron chi connectivity index (χ4n) is 1.95. The van der Waals surface area contributed by atoms with Crippen molar-refractivity contribution in [2.45, 2.75) is 45.1 Å². The third-order valence-electron chi connectivity index (χ3n) is 2.85. The van der Waals surface area contributed by atoms with Gasteiger partial charge in [-0.2, -0.15) is 0 Å². The van der Waals surface area contributed by atoms with Gasteiger partial charge in [0.1, 0.15) is 5.60 Å². The maximum absolute atomic E-state index is 8.72. The van der Waals surface area contributed by atoms with Crippen LogP contribution in [0, 0.1) is 5.92 Å². The molecule has 2 atom stereocenters. The number of hydrogen-bond acceptors (Lipinski definition) is 2. The predicted octanol–water partition coefficient (Wildman–Crippen LogP) is 3.00. The van der Waals surface area contributed by atoms with Gasteiger partial charge in [0.2, 0.25) is 0 Å². The molecule has 0 aromatic carbocycles. The van der Waals surface area contributed by atoms with E-state index < -0.39 is 0 Å². The van der Waals surface area contributed by atoms with Crippen molar-refractivity contribution in [3.8, 4) is 0 Å². The van der Waals surface area contributed by atoms with Crippen LogP contribution in [-0.4, -0.2) is 10.9 Å². The smallest absolute Gasteiger partial charge is 0.101 e. The molecule has 1 saturated carbocycles. The molecule has 1 aliphatic rings. The van der Waals surface area contributed by atoms with Gasteiger partial charge in [-0.1, -0.05) is 12.2 Å². The maximum Gasteiger partial charge on any atom is 0.101 e. The van der Waals surface area contributed by atoms with Gasteiger partial charge in [0.05, 0.1) is 0 Å². The van der Waals surface area contributed by atoms with E-state index in [1.165, 1.54) is 12.0 Å². The maximum atomic E-state index is 8.72. The van der Waals surface area contributed by atoms with Crippen molar-refractivity contribution in [3.63, 3.8) is 0 Å². The van der Waals surface area contributed by atoms with E-state index in [1.807, 2.05) is 13.8 Å². The second-order valence-corrected chi connectivity index (χ2v) is 4.18. The summed E-state index contributed by atoms with van der Waals surface area (Å²) in [6.07, 6.45) is 4.16. The molecular formula is C10H18O2. The second kappa shape index (κ2) is 3.58. The second-order valence-electron chi connectivity index (χ2n) is 4.18. The van der Waals surface area contributed by atoms with Crippen molar-refractivity contribution in [1.82, 2.24) is 0 Å². The Hall–Kier alpha value is -0.340. The molecule has 1 fully saturated rings. The first-order chi connectivity index (χ1) is 5.57. The van der Waals surface area contributed by atoms with Gasteiger partial charge in [-0.3, -0.25) is 5.26 Å². The van der Waals surface area contributed by atoms with Gasteiger partial charge in [0, 0.05) is 0 Å². The minimum Gasteiger partial charge on any atom is -0.251 e. The summed E-state index contributed by atoms with van der Waals surface area (Å²) in [5.74, 6) is 0.524. The molecule has 1 N–H and O–H groups in total. The van der Waals surface area contributed by atoms with Crippen LogP contribution in [-0.2, 0) is 4.89 Å². The van der Waals surface area contributed by atoms with Gasteiger partial charge >= 0.3 is 0 Å². The minimum absolute atomic E-state index is 0.331. The van der Waals surface area contributed by atoms with E-state index in [2.05, 4.69) is 11.5 Å². The van der Waals surface area contributed by atoms with Crippen LogP contribution in [0.15, 0.2) is 12.2 Å². The van der Waals surface area contributed by atoms with E-state index in [0.29, 0.717) is 5.92 Å². The molecule has 0 aliphatic heterocycles. The highest BCUT2D eigenvalue weighted by Gasteiger charge is 2.33. The van der Waals surface area contributed by atoms with Crippen LogP contribution in [0.2, 0.25) is 0 Å². The molecule has 12 heavy (non-hydrogen) atoms. The summed E-state index contributed by atoms with van der Waals surface area (Å²) in [5.41, 5.74) is 0.875. The Morgan fingerprint density at radius 3 is 2.83 bits per heavy atom. The Morgan fingerprint density at radius 1 is 1.67 bits per heavy atom. The Morgan fingerprint density at radius 2 is 2.33 bits per heavy atom. The van der Waals surface area contributed by atoms with Crippen LogP contribution in [0.25, 0.3) is 0 Å². The SMILES string of the molecule is C=C(C)[C@@H]1CCC[C@](C)(OO)C1.